The number of aromatic nitrogens is 3. The van der Waals surface area contributed by atoms with Crippen molar-refractivity contribution < 1.29 is 9.59 Å². The largest absolute Gasteiger partial charge is 0.342 e. The zero-order chi connectivity index (χ0) is 23.3. The summed E-state index contributed by atoms with van der Waals surface area (Å²) in [6.45, 7) is 4.00. The Morgan fingerprint density at radius 1 is 1.06 bits per heavy atom. The summed E-state index contributed by atoms with van der Waals surface area (Å²) in [4.78, 5) is 25.0. The van der Waals surface area contributed by atoms with Gasteiger partial charge in [0.05, 0.1) is 11.8 Å². The standard InChI is InChI=1S/C22H23Cl2N5O2S/c1-13(2)19(26-21(31)14-7-5-4-6-8-14)20-27-28-22(29(20)3)32-12-18(30)25-17-10-15(23)9-16(24)11-17/h4-11,13,19H,12H2,1-3H3,(H,25,30)(H,26,31)/t19-/m1/s1. The predicted octanol–water partition coefficient (Wildman–Crippen LogP) is 4.98. The minimum absolute atomic E-state index is 0.0827. The monoisotopic (exact) mass is 491 g/mol. The van der Waals surface area contributed by atoms with Gasteiger partial charge < -0.3 is 15.2 Å². The number of carbonyl (C=O) groups is 2. The van der Waals surface area contributed by atoms with Crippen LogP contribution in [0.25, 0.3) is 0 Å². The van der Waals surface area contributed by atoms with Gasteiger partial charge in [-0.15, -0.1) is 10.2 Å². The van der Waals surface area contributed by atoms with E-state index in [0.29, 0.717) is 32.3 Å². The SMILES string of the molecule is CC(C)[C@@H](NC(=O)c1ccccc1)c1nnc(SCC(=O)Nc2cc(Cl)cc(Cl)c2)n1C. The van der Waals surface area contributed by atoms with Gasteiger partial charge >= 0.3 is 0 Å². The number of hydrogen-bond donors (Lipinski definition) is 2. The average Bonchev–Trinajstić information content (AvgIpc) is 3.10. The van der Waals surface area contributed by atoms with E-state index >= 15 is 0 Å². The highest BCUT2D eigenvalue weighted by atomic mass is 35.5. The maximum atomic E-state index is 12.6. The molecule has 0 spiro atoms. The van der Waals surface area contributed by atoms with Crippen LogP contribution in [0.15, 0.2) is 53.7 Å². The number of nitrogens with one attached hydrogen (secondary N) is 2. The van der Waals surface area contributed by atoms with Gasteiger partial charge in [0.2, 0.25) is 5.91 Å². The molecule has 2 amide bonds. The van der Waals surface area contributed by atoms with Gasteiger partial charge in [-0.2, -0.15) is 0 Å². The van der Waals surface area contributed by atoms with E-state index in [9.17, 15) is 9.59 Å². The van der Waals surface area contributed by atoms with Crippen molar-refractivity contribution in [2.45, 2.75) is 25.0 Å². The van der Waals surface area contributed by atoms with Gasteiger partial charge in [0.1, 0.15) is 0 Å². The summed E-state index contributed by atoms with van der Waals surface area (Å²) in [5.74, 6) is 0.420. The van der Waals surface area contributed by atoms with Crippen molar-refractivity contribution in [1.29, 1.82) is 0 Å². The maximum absolute atomic E-state index is 12.6. The normalized spacial score (nSPS) is 11.9. The highest BCUT2D eigenvalue weighted by Gasteiger charge is 2.25. The van der Waals surface area contributed by atoms with E-state index < -0.39 is 0 Å². The number of anilines is 1. The van der Waals surface area contributed by atoms with Crippen LogP contribution in [0.5, 0.6) is 0 Å². The molecule has 0 unspecified atom stereocenters. The molecular weight excluding hydrogens is 469 g/mol. The molecule has 0 radical (unpaired) electrons. The fraction of sp³-hybridized carbons (Fsp3) is 0.273. The van der Waals surface area contributed by atoms with E-state index in [0.717, 1.165) is 0 Å². The van der Waals surface area contributed by atoms with Gasteiger partial charge in [-0.25, -0.2) is 0 Å². The van der Waals surface area contributed by atoms with E-state index in [4.69, 9.17) is 23.2 Å². The van der Waals surface area contributed by atoms with E-state index in [1.807, 2.05) is 39.1 Å². The number of thioether (sulfide) groups is 1. The predicted molar refractivity (Wildman–Crippen MR) is 128 cm³/mol. The zero-order valence-corrected chi connectivity index (χ0v) is 20.1. The number of rotatable bonds is 8. The molecule has 0 aliphatic heterocycles. The van der Waals surface area contributed by atoms with E-state index in [1.54, 1.807) is 34.9 Å². The van der Waals surface area contributed by atoms with Gasteiger partial charge in [-0.05, 0) is 36.2 Å². The highest BCUT2D eigenvalue weighted by molar-refractivity contribution is 7.99. The van der Waals surface area contributed by atoms with Crippen LogP contribution in [0.1, 0.15) is 36.1 Å². The number of benzene rings is 2. The van der Waals surface area contributed by atoms with Gasteiger partial charge in [0.15, 0.2) is 11.0 Å². The van der Waals surface area contributed by atoms with E-state index in [-0.39, 0.29) is 29.5 Å². The van der Waals surface area contributed by atoms with Crippen molar-refractivity contribution in [1.82, 2.24) is 20.1 Å². The molecule has 168 valence electrons. The molecule has 0 bridgehead atoms. The Kier molecular flexibility index (Phi) is 8.17. The molecule has 0 aliphatic rings. The number of halogens is 2. The molecule has 32 heavy (non-hydrogen) atoms. The Morgan fingerprint density at radius 3 is 2.34 bits per heavy atom. The molecule has 2 aromatic carbocycles. The van der Waals surface area contributed by atoms with Crippen LogP contribution in [0, 0.1) is 5.92 Å². The van der Waals surface area contributed by atoms with Crippen LogP contribution in [0.3, 0.4) is 0 Å². The summed E-state index contributed by atoms with van der Waals surface area (Å²) in [6, 6.07) is 13.5. The van der Waals surface area contributed by atoms with Gasteiger partial charge in [0, 0.05) is 28.3 Å². The molecule has 0 fully saturated rings. The Labute approximate surface area is 200 Å². The first kappa shape index (κ1) is 24.1. The molecule has 3 rings (SSSR count). The minimum atomic E-state index is -0.336. The summed E-state index contributed by atoms with van der Waals surface area (Å²) in [5, 5.41) is 15.7. The molecule has 1 atom stereocenters. The minimum Gasteiger partial charge on any atom is -0.342 e. The van der Waals surface area contributed by atoms with Crippen LogP contribution in [0.2, 0.25) is 10.0 Å². The summed E-state index contributed by atoms with van der Waals surface area (Å²) in [6.07, 6.45) is 0. The molecule has 0 saturated carbocycles. The smallest absolute Gasteiger partial charge is 0.251 e. The second-order valence-electron chi connectivity index (χ2n) is 7.46. The van der Waals surface area contributed by atoms with E-state index in [2.05, 4.69) is 20.8 Å². The van der Waals surface area contributed by atoms with Gasteiger partial charge in [-0.3, -0.25) is 9.59 Å². The topological polar surface area (TPSA) is 88.9 Å². The van der Waals surface area contributed by atoms with E-state index in [1.165, 1.54) is 11.8 Å². The van der Waals surface area contributed by atoms with Crippen LogP contribution in [-0.4, -0.2) is 32.3 Å². The molecule has 10 heteroatoms. The third-order valence-electron chi connectivity index (χ3n) is 4.61. The lowest BCUT2D eigenvalue weighted by Crippen LogP contribution is -2.33. The van der Waals surface area contributed by atoms with Gasteiger partial charge in [-0.1, -0.05) is 67.0 Å². The lowest BCUT2D eigenvalue weighted by atomic mass is 10.0. The molecule has 3 aromatic rings. The number of carbonyl (C=O) groups excluding carboxylic acids is 2. The average molecular weight is 492 g/mol. The Bertz CT molecular complexity index is 1080. The lowest BCUT2D eigenvalue weighted by molar-refractivity contribution is -0.113. The third-order valence-corrected chi connectivity index (χ3v) is 6.07. The molecule has 0 aliphatic carbocycles. The van der Waals surface area contributed by atoms with Crippen LogP contribution >= 0.6 is 35.0 Å². The fourth-order valence-corrected chi connectivity index (χ4v) is 4.26. The van der Waals surface area contributed by atoms with Crippen molar-refractivity contribution in [2.24, 2.45) is 13.0 Å². The third kappa shape index (κ3) is 6.25. The first-order valence-corrected chi connectivity index (χ1v) is 11.6. The van der Waals surface area contributed by atoms with Crippen LogP contribution < -0.4 is 10.6 Å². The number of amides is 2. The first-order valence-electron chi connectivity index (χ1n) is 9.88. The molecule has 1 heterocycles. The molecule has 0 saturated heterocycles. The summed E-state index contributed by atoms with van der Waals surface area (Å²) in [7, 11) is 1.82. The molecule has 2 N–H and O–H groups in total. The second-order valence-corrected chi connectivity index (χ2v) is 9.27. The Balaban J connectivity index is 1.66. The fourth-order valence-electron chi connectivity index (χ4n) is 3.02. The summed E-state index contributed by atoms with van der Waals surface area (Å²) >= 11 is 13.2. The summed E-state index contributed by atoms with van der Waals surface area (Å²) < 4.78 is 1.80. The van der Waals surface area contributed by atoms with Gasteiger partial charge in [0.25, 0.3) is 5.91 Å². The number of nitrogens with zero attached hydrogens (tertiary/aromatic N) is 3. The molecule has 7 nitrogen and oxygen atoms in total. The Morgan fingerprint density at radius 2 is 1.72 bits per heavy atom. The van der Waals surface area contributed by atoms with Crippen molar-refractivity contribution in [3.8, 4) is 0 Å². The van der Waals surface area contributed by atoms with Crippen LogP contribution in [0.4, 0.5) is 5.69 Å². The number of hydrogen-bond acceptors (Lipinski definition) is 5. The van der Waals surface area contributed by atoms with Crippen molar-refractivity contribution in [2.75, 3.05) is 11.1 Å². The summed E-state index contributed by atoms with van der Waals surface area (Å²) in [5.41, 5.74) is 1.10. The van der Waals surface area contributed by atoms with Crippen LogP contribution in [-0.2, 0) is 11.8 Å². The zero-order valence-electron chi connectivity index (χ0n) is 17.8. The van der Waals surface area contributed by atoms with Crippen molar-refractivity contribution >= 4 is 52.5 Å². The second kappa shape index (κ2) is 10.8. The molecule has 1 aromatic heterocycles. The maximum Gasteiger partial charge on any atom is 0.251 e. The Hall–Kier alpha value is -2.55. The van der Waals surface area contributed by atoms with Crippen molar-refractivity contribution in [3.63, 3.8) is 0 Å². The highest BCUT2D eigenvalue weighted by Crippen LogP contribution is 2.25. The first-order chi connectivity index (χ1) is 15.2. The molecular formula is C22H23Cl2N5O2S. The quantitative estimate of drug-likeness (QED) is 0.433. The van der Waals surface area contributed by atoms with Crippen molar-refractivity contribution in [3.05, 3.63) is 70.0 Å². The lowest BCUT2D eigenvalue weighted by Gasteiger charge is -2.21.